The summed E-state index contributed by atoms with van der Waals surface area (Å²) >= 11 is 0. The van der Waals surface area contributed by atoms with E-state index >= 15 is 0 Å². The predicted octanol–water partition coefficient (Wildman–Crippen LogP) is 2.90. The summed E-state index contributed by atoms with van der Waals surface area (Å²) < 4.78 is 45.6. The van der Waals surface area contributed by atoms with Crippen LogP contribution in [0.4, 0.5) is 5.69 Å². The van der Waals surface area contributed by atoms with Crippen molar-refractivity contribution in [2.45, 2.75) is 37.4 Å². The molecule has 0 bridgehead atoms. The minimum absolute atomic E-state index is 0.0348. The lowest BCUT2D eigenvalue weighted by Gasteiger charge is -2.35. The number of fused-ring (bicyclic) bond motifs is 1. The Morgan fingerprint density at radius 2 is 1.68 bits per heavy atom. The van der Waals surface area contributed by atoms with Gasteiger partial charge in [-0.15, -0.1) is 0 Å². The summed E-state index contributed by atoms with van der Waals surface area (Å²) in [4.78, 5) is 14.9. The zero-order valence-electron chi connectivity index (χ0n) is 17.5. The first-order chi connectivity index (χ1) is 14.8. The molecule has 0 aromatic heterocycles. The van der Waals surface area contributed by atoms with Gasteiger partial charge in [-0.1, -0.05) is 12.1 Å². The number of benzene rings is 2. The molecule has 1 saturated heterocycles. The van der Waals surface area contributed by atoms with Crippen molar-refractivity contribution >= 4 is 21.6 Å². The van der Waals surface area contributed by atoms with E-state index in [2.05, 4.69) is 4.72 Å². The predicted molar refractivity (Wildman–Crippen MR) is 115 cm³/mol. The van der Waals surface area contributed by atoms with Crippen LogP contribution in [0.15, 0.2) is 47.4 Å². The Morgan fingerprint density at radius 1 is 1.00 bits per heavy atom. The van der Waals surface area contributed by atoms with Gasteiger partial charge in [-0.2, -0.15) is 0 Å². The summed E-state index contributed by atoms with van der Waals surface area (Å²) in [5, 5.41) is 0. The van der Waals surface area contributed by atoms with Crippen LogP contribution >= 0.6 is 0 Å². The lowest BCUT2D eigenvalue weighted by molar-refractivity contribution is -0.0585. The van der Waals surface area contributed by atoms with Crippen LogP contribution in [0.25, 0.3) is 0 Å². The molecule has 166 valence electrons. The van der Waals surface area contributed by atoms with Gasteiger partial charge in [-0.05, 0) is 38.1 Å². The van der Waals surface area contributed by atoms with Gasteiger partial charge >= 0.3 is 0 Å². The van der Waals surface area contributed by atoms with Crippen molar-refractivity contribution in [3.05, 3.63) is 48.0 Å². The lowest BCUT2D eigenvalue weighted by atomic mass is 10.1. The van der Waals surface area contributed by atoms with Crippen molar-refractivity contribution in [3.8, 4) is 11.5 Å². The number of hydrogen-bond acceptors (Lipinski definition) is 6. The third kappa shape index (κ3) is 4.77. The molecular weight excluding hydrogens is 420 g/mol. The molecule has 0 radical (unpaired) electrons. The average molecular weight is 447 g/mol. The summed E-state index contributed by atoms with van der Waals surface area (Å²) in [6.07, 6.45) is 0.556. The van der Waals surface area contributed by atoms with Gasteiger partial charge in [0.05, 0.1) is 41.6 Å². The van der Waals surface area contributed by atoms with Crippen LogP contribution in [0.5, 0.6) is 11.5 Å². The van der Waals surface area contributed by atoms with E-state index in [1.807, 2.05) is 13.8 Å². The number of morpholine rings is 1. The van der Waals surface area contributed by atoms with Crippen LogP contribution in [-0.2, 0) is 14.8 Å². The van der Waals surface area contributed by atoms with Crippen LogP contribution in [0.2, 0.25) is 0 Å². The number of amides is 1. The Kier molecular flexibility index (Phi) is 6.06. The normalized spacial score (nSPS) is 21.3. The first-order valence-corrected chi connectivity index (χ1v) is 11.8. The number of anilines is 1. The van der Waals surface area contributed by atoms with Gasteiger partial charge in [0.25, 0.3) is 15.9 Å². The quantitative estimate of drug-likeness (QED) is 0.776. The number of carbonyl (C=O) groups is 1. The molecule has 0 aliphatic carbocycles. The molecule has 0 saturated carbocycles. The van der Waals surface area contributed by atoms with Crippen LogP contribution in [0, 0.1) is 0 Å². The monoisotopic (exact) mass is 446 g/mol. The van der Waals surface area contributed by atoms with Crippen molar-refractivity contribution in [2.24, 2.45) is 0 Å². The maximum Gasteiger partial charge on any atom is 0.262 e. The fourth-order valence-electron chi connectivity index (χ4n) is 3.79. The second-order valence-electron chi connectivity index (χ2n) is 7.78. The number of carbonyl (C=O) groups excluding carboxylic acids is 1. The van der Waals surface area contributed by atoms with E-state index in [0.717, 1.165) is 6.42 Å². The molecule has 1 N–H and O–H groups in total. The molecule has 4 rings (SSSR count). The molecular formula is C22H26N2O6S. The SMILES string of the molecule is CC1CN(C(=O)c2ccccc2NS(=O)(=O)c2ccc3c(c2)OCCCO3)CC(C)O1. The fourth-order valence-corrected chi connectivity index (χ4v) is 4.88. The Labute approximate surface area is 182 Å². The maximum absolute atomic E-state index is 13.2. The number of rotatable bonds is 4. The van der Waals surface area contributed by atoms with Gasteiger partial charge in [0.2, 0.25) is 0 Å². The third-order valence-corrected chi connectivity index (χ3v) is 6.50. The van der Waals surface area contributed by atoms with Gasteiger partial charge in [0, 0.05) is 25.6 Å². The second kappa shape index (κ2) is 8.76. The van der Waals surface area contributed by atoms with E-state index < -0.39 is 10.0 Å². The first kappa shape index (κ1) is 21.5. The highest BCUT2D eigenvalue weighted by atomic mass is 32.2. The summed E-state index contributed by atoms with van der Waals surface area (Å²) in [6.45, 7) is 5.70. The molecule has 2 heterocycles. The van der Waals surface area contributed by atoms with Gasteiger partial charge in [0.1, 0.15) is 0 Å². The standard InChI is InChI=1S/C22H26N2O6S/c1-15-13-24(14-16(2)30-15)22(25)18-6-3-4-7-19(18)23-31(26,27)17-8-9-20-21(12-17)29-11-5-10-28-20/h3-4,6-9,12,15-16,23H,5,10-11,13-14H2,1-2H3. The molecule has 2 aliphatic rings. The molecule has 1 amide bonds. The van der Waals surface area contributed by atoms with E-state index in [1.165, 1.54) is 12.1 Å². The zero-order valence-corrected chi connectivity index (χ0v) is 18.4. The Bertz CT molecular complexity index is 1060. The van der Waals surface area contributed by atoms with E-state index in [0.29, 0.717) is 43.4 Å². The molecule has 31 heavy (non-hydrogen) atoms. The number of nitrogens with one attached hydrogen (secondary N) is 1. The molecule has 1 fully saturated rings. The Balaban J connectivity index is 1.60. The maximum atomic E-state index is 13.2. The molecule has 2 unspecified atom stereocenters. The molecule has 2 aromatic carbocycles. The molecule has 2 atom stereocenters. The van der Waals surface area contributed by atoms with Crippen molar-refractivity contribution in [3.63, 3.8) is 0 Å². The highest BCUT2D eigenvalue weighted by molar-refractivity contribution is 7.92. The number of sulfonamides is 1. The van der Waals surface area contributed by atoms with Crippen molar-refractivity contribution in [2.75, 3.05) is 31.0 Å². The minimum atomic E-state index is -3.95. The van der Waals surface area contributed by atoms with Crippen LogP contribution in [0.3, 0.4) is 0 Å². The number of nitrogens with zero attached hydrogens (tertiary/aromatic N) is 1. The highest BCUT2D eigenvalue weighted by Gasteiger charge is 2.29. The number of ether oxygens (including phenoxy) is 3. The van der Waals surface area contributed by atoms with Gasteiger partial charge in [-0.25, -0.2) is 8.42 Å². The fraction of sp³-hybridized carbons (Fsp3) is 0.409. The number of hydrogen-bond donors (Lipinski definition) is 1. The first-order valence-electron chi connectivity index (χ1n) is 10.3. The lowest BCUT2D eigenvalue weighted by Crippen LogP contribution is -2.48. The minimum Gasteiger partial charge on any atom is -0.490 e. The van der Waals surface area contributed by atoms with Crippen molar-refractivity contribution in [1.29, 1.82) is 0 Å². The van der Waals surface area contributed by atoms with Gasteiger partial charge < -0.3 is 19.1 Å². The van der Waals surface area contributed by atoms with Gasteiger partial charge in [-0.3, -0.25) is 9.52 Å². The van der Waals surface area contributed by atoms with Crippen molar-refractivity contribution in [1.82, 2.24) is 4.90 Å². The molecule has 2 aliphatic heterocycles. The molecule has 2 aromatic rings. The van der Waals surface area contributed by atoms with Crippen LogP contribution in [0.1, 0.15) is 30.6 Å². The van der Waals surface area contributed by atoms with E-state index in [1.54, 1.807) is 35.2 Å². The van der Waals surface area contributed by atoms with Crippen molar-refractivity contribution < 1.29 is 27.4 Å². The summed E-state index contributed by atoms with van der Waals surface area (Å²) in [7, 11) is -3.95. The van der Waals surface area contributed by atoms with Gasteiger partial charge in [0.15, 0.2) is 11.5 Å². The zero-order chi connectivity index (χ0) is 22.0. The van der Waals surface area contributed by atoms with E-state index in [4.69, 9.17) is 14.2 Å². The smallest absolute Gasteiger partial charge is 0.262 e. The molecule has 8 nitrogen and oxygen atoms in total. The average Bonchev–Trinajstić information content (AvgIpc) is 2.97. The topological polar surface area (TPSA) is 94.2 Å². The second-order valence-corrected chi connectivity index (χ2v) is 9.46. The summed E-state index contributed by atoms with van der Waals surface area (Å²) in [5.74, 6) is 0.669. The number of para-hydroxylation sites is 1. The third-order valence-electron chi connectivity index (χ3n) is 5.14. The van der Waals surface area contributed by atoms with Crippen LogP contribution < -0.4 is 14.2 Å². The largest absolute Gasteiger partial charge is 0.490 e. The highest BCUT2D eigenvalue weighted by Crippen LogP contribution is 2.33. The van der Waals surface area contributed by atoms with E-state index in [9.17, 15) is 13.2 Å². The Morgan fingerprint density at radius 3 is 2.42 bits per heavy atom. The molecule has 0 spiro atoms. The molecule has 9 heteroatoms. The summed E-state index contributed by atoms with van der Waals surface area (Å²) in [6, 6.07) is 11.1. The Hall–Kier alpha value is -2.78. The summed E-state index contributed by atoms with van der Waals surface area (Å²) in [5.41, 5.74) is 0.521. The van der Waals surface area contributed by atoms with Crippen LogP contribution in [-0.4, -0.2) is 57.7 Å². The van der Waals surface area contributed by atoms with E-state index in [-0.39, 0.29) is 28.7 Å².